The zero-order valence-electron chi connectivity index (χ0n) is 17.1. The van der Waals surface area contributed by atoms with Gasteiger partial charge in [0, 0.05) is 18.1 Å². The first-order chi connectivity index (χ1) is 13.9. The molecule has 5 heteroatoms. The van der Waals surface area contributed by atoms with Crippen molar-refractivity contribution < 1.29 is 19.0 Å². The average Bonchev–Trinajstić information content (AvgIpc) is 2.71. The lowest BCUT2D eigenvalue weighted by Gasteiger charge is -2.38. The Labute approximate surface area is 170 Å². The summed E-state index contributed by atoms with van der Waals surface area (Å²) in [5, 5.41) is 5.21. The third-order valence-electron chi connectivity index (χ3n) is 5.30. The van der Waals surface area contributed by atoms with Crippen LogP contribution >= 0.6 is 0 Å². The molecule has 0 bridgehead atoms. The number of rotatable bonds is 4. The Bertz CT molecular complexity index is 1070. The van der Waals surface area contributed by atoms with Crippen LogP contribution in [0.2, 0.25) is 0 Å². The zero-order valence-corrected chi connectivity index (χ0v) is 17.1. The molecule has 1 aliphatic heterocycles. The minimum absolute atomic E-state index is 0.169. The van der Waals surface area contributed by atoms with E-state index in [0.717, 1.165) is 27.8 Å². The van der Waals surface area contributed by atoms with Crippen LogP contribution in [-0.4, -0.2) is 25.7 Å². The van der Waals surface area contributed by atoms with Gasteiger partial charge in [-0.05, 0) is 48.9 Å². The Morgan fingerprint density at radius 2 is 1.76 bits per heavy atom. The van der Waals surface area contributed by atoms with Gasteiger partial charge in [0.05, 0.1) is 25.8 Å². The van der Waals surface area contributed by atoms with Crippen molar-refractivity contribution in [1.29, 1.82) is 0 Å². The van der Waals surface area contributed by atoms with Gasteiger partial charge in [-0.1, -0.05) is 24.3 Å². The molecule has 3 aromatic rings. The molecular weight excluding hydrogens is 366 g/mol. The monoisotopic (exact) mass is 391 g/mol. The molecule has 1 heterocycles. The summed E-state index contributed by atoms with van der Waals surface area (Å²) >= 11 is 0. The number of hydrogen-bond donors (Lipinski definition) is 1. The SMILES string of the molecule is COc1ccc2c(c1)OC(C)(C)CC2NC(=O)c1cc2ccccc2cc1OC. The molecule has 29 heavy (non-hydrogen) atoms. The van der Waals surface area contributed by atoms with E-state index in [1.165, 1.54) is 0 Å². The molecule has 1 unspecified atom stereocenters. The van der Waals surface area contributed by atoms with Gasteiger partial charge in [-0.25, -0.2) is 0 Å². The number of benzene rings is 3. The minimum atomic E-state index is -0.412. The van der Waals surface area contributed by atoms with E-state index in [-0.39, 0.29) is 11.9 Å². The number of fused-ring (bicyclic) bond motifs is 2. The number of carbonyl (C=O) groups excluding carboxylic acids is 1. The maximum Gasteiger partial charge on any atom is 0.255 e. The predicted molar refractivity (Wildman–Crippen MR) is 113 cm³/mol. The molecule has 5 nitrogen and oxygen atoms in total. The van der Waals surface area contributed by atoms with Crippen molar-refractivity contribution in [3.63, 3.8) is 0 Å². The van der Waals surface area contributed by atoms with Crippen LogP contribution in [0.4, 0.5) is 0 Å². The molecule has 0 radical (unpaired) electrons. The van der Waals surface area contributed by atoms with Crippen LogP contribution in [0.1, 0.15) is 42.2 Å². The van der Waals surface area contributed by atoms with E-state index < -0.39 is 5.60 Å². The van der Waals surface area contributed by atoms with Gasteiger partial charge in [0.1, 0.15) is 22.8 Å². The van der Waals surface area contributed by atoms with Gasteiger partial charge in [-0.2, -0.15) is 0 Å². The van der Waals surface area contributed by atoms with Crippen LogP contribution in [0, 0.1) is 0 Å². The first kappa shape index (κ1) is 19.1. The number of carbonyl (C=O) groups is 1. The third-order valence-corrected chi connectivity index (χ3v) is 5.30. The Morgan fingerprint density at radius 1 is 1.03 bits per heavy atom. The van der Waals surface area contributed by atoms with E-state index in [4.69, 9.17) is 14.2 Å². The number of amides is 1. The van der Waals surface area contributed by atoms with Gasteiger partial charge in [-0.3, -0.25) is 4.79 Å². The Hall–Kier alpha value is -3.21. The summed E-state index contributed by atoms with van der Waals surface area (Å²) in [6, 6.07) is 17.2. The quantitative estimate of drug-likeness (QED) is 0.688. The van der Waals surface area contributed by atoms with Crippen molar-refractivity contribution in [2.45, 2.75) is 31.9 Å². The maximum absolute atomic E-state index is 13.2. The number of nitrogens with one attached hydrogen (secondary N) is 1. The van der Waals surface area contributed by atoms with E-state index in [1.54, 1.807) is 14.2 Å². The Kier molecular flexibility index (Phi) is 4.82. The second-order valence-electron chi connectivity index (χ2n) is 7.90. The smallest absolute Gasteiger partial charge is 0.255 e. The van der Waals surface area contributed by atoms with Gasteiger partial charge >= 0.3 is 0 Å². The van der Waals surface area contributed by atoms with Crippen LogP contribution in [0.3, 0.4) is 0 Å². The molecule has 1 amide bonds. The van der Waals surface area contributed by atoms with E-state index in [9.17, 15) is 4.79 Å². The van der Waals surface area contributed by atoms with Crippen molar-refractivity contribution in [3.8, 4) is 17.2 Å². The highest BCUT2D eigenvalue weighted by atomic mass is 16.5. The molecule has 1 N–H and O–H groups in total. The largest absolute Gasteiger partial charge is 0.497 e. The summed E-state index contributed by atoms with van der Waals surface area (Å²) in [6.07, 6.45) is 0.661. The lowest BCUT2D eigenvalue weighted by Crippen LogP contribution is -2.41. The maximum atomic E-state index is 13.2. The van der Waals surface area contributed by atoms with Crippen LogP contribution < -0.4 is 19.5 Å². The molecular formula is C24H25NO4. The molecule has 1 atom stereocenters. The third kappa shape index (κ3) is 3.73. The van der Waals surface area contributed by atoms with Crippen molar-refractivity contribution in [1.82, 2.24) is 5.32 Å². The van der Waals surface area contributed by atoms with Crippen LogP contribution in [0.25, 0.3) is 10.8 Å². The predicted octanol–water partition coefficient (Wildman–Crippen LogP) is 4.89. The van der Waals surface area contributed by atoms with E-state index in [0.29, 0.717) is 17.7 Å². The van der Waals surface area contributed by atoms with Crippen LogP contribution in [0.5, 0.6) is 17.2 Å². The highest BCUT2D eigenvalue weighted by Crippen LogP contribution is 2.41. The first-order valence-corrected chi connectivity index (χ1v) is 9.65. The fourth-order valence-electron chi connectivity index (χ4n) is 3.89. The first-order valence-electron chi connectivity index (χ1n) is 9.65. The summed E-state index contributed by atoms with van der Waals surface area (Å²) in [5.74, 6) is 1.85. The molecule has 3 aromatic carbocycles. The van der Waals surface area contributed by atoms with Gasteiger partial charge in [-0.15, -0.1) is 0 Å². The van der Waals surface area contributed by atoms with Gasteiger partial charge in [0.15, 0.2) is 0 Å². The molecule has 4 rings (SSSR count). The molecule has 0 spiro atoms. The summed E-state index contributed by atoms with van der Waals surface area (Å²) < 4.78 is 16.9. The van der Waals surface area contributed by atoms with Crippen LogP contribution in [-0.2, 0) is 0 Å². The highest BCUT2D eigenvalue weighted by Gasteiger charge is 2.35. The van der Waals surface area contributed by atoms with Crippen molar-refractivity contribution in [2.75, 3.05) is 14.2 Å². The van der Waals surface area contributed by atoms with E-state index >= 15 is 0 Å². The molecule has 0 saturated heterocycles. The van der Waals surface area contributed by atoms with E-state index in [2.05, 4.69) is 5.32 Å². The molecule has 150 valence electrons. The summed E-state index contributed by atoms with van der Waals surface area (Å²) in [4.78, 5) is 13.2. The molecule has 1 aliphatic rings. The Balaban J connectivity index is 1.69. The van der Waals surface area contributed by atoms with Gasteiger partial charge < -0.3 is 19.5 Å². The minimum Gasteiger partial charge on any atom is -0.497 e. The standard InChI is InChI=1S/C24H25NO4/c1-24(2)14-20(18-10-9-17(27-3)13-22(18)29-24)25-23(26)19-11-15-7-5-6-8-16(15)12-21(19)28-4/h5-13,20H,14H2,1-4H3,(H,25,26). The molecule has 0 aliphatic carbocycles. The van der Waals surface area contributed by atoms with Crippen molar-refractivity contribution in [2.24, 2.45) is 0 Å². The lowest BCUT2D eigenvalue weighted by molar-refractivity contribution is 0.0616. The molecule has 0 aromatic heterocycles. The lowest BCUT2D eigenvalue weighted by atomic mass is 9.89. The second-order valence-corrected chi connectivity index (χ2v) is 7.90. The van der Waals surface area contributed by atoms with Gasteiger partial charge in [0.25, 0.3) is 5.91 Å². The van der Waals surface area contributed by atoms with E-state index in [1.807, 2.05) is 68.4 Å². The number of methoxy groups -OCH3 is 2. The summed E-state index contributed by atoms with van der Waals surface area (Å²) in [5.41, 5.74) is 1.05. The summed E-state index contributed by atoms with van der Waals surface area (Å²) in [6.45, 7) is 4.04. The number of hydrogen-bond acceptors (Lipinski definition) is 4. The van der Waals surface area contributed by atoms with Crippen molar-refractivity contribution >= 4 is 16.7 Å². The van der Waals surface area contributed by atoms with Crippen molar-refractivity contribution in [3.05, 3.63) is 65.7 Å². The number of ether oxygens (including phenoxy) is 3. The fourth-order valence-corrected chi connectivity index (χ4v) is 3.89. The zero-order chi connectivity index (χ0) is 20.6. The normalized spacial score (nSPS) is 17.2. The van der Waals surface area contributed by atoms with Gasteiger partial charge in [0.2, 0.25) is 0 Å². The molecule has 0 saturated carbocycles. The highest BCUT2D eigenvalue weighted by molar-refractivity contribution is 6.01. The topological polar surface area (TPSA) is 56.8 Å². The fraction of sp³-hybridized carbons (Fsp3) is 0.292. The average molecular weight is 391 g/mol. The second kappa shape index (κ2) is 7.32. The Morgan fingerprint density at radius 3 is 2.45 bits per heavy atom. The summed E-state index contributed by atoms with van der Waals surface area (Å²) in [7, 11) is 3.21. The van der Waals surface area contributed by atoms with Crippen LogP contribution in [0.15, 0.2) is 54.6 Å². The molecule has 0 fully saturated rings.